The van der Waals surface area contributed by atoms with Gasteiger partial charge in [0.15, 0.2) is 0 Å². The van der Waals surface area contributed by atoms with Crippen LogP contribution in [-0.4, -0.2) is 17.0 Å². The maximum atomic E-state index is 11.6. The van der Waals surface area contributed by atoms with Gasteiger partial charge in [0, 0.05) is 24.7 Å². The summed E-state index contributed by atoms with van der Waals surface area (Å²) in [4.78, 5) is 15.8. The molecular weight excluding hydrogens is 240 g/mol. The molecule has 19 heavy (non-hydrogen) atoms. The summed E-state index contributed by atoms with van der Waals surface area (Å²) in [7, 11) is 0. The van der Waals surface area contributed by atoms with Crippen molar-refractivity contribution >= 4 is 5.91 Å². The van der Waals surface area contributed by atoms with Crippen LogP contribution in [0.15, 0.2) is 18.3 Å². The molecule has 0 atom stereocenters. The van der Waals surface area contributed by atoms with Crippen LogP contribution < -0.4 is 10.1 Å². The normalized spacial score (nSPS) is 19.4. The second kappa shape index (κ2) is 5.59. The van der Waals surface area contributed by atoms with Gasteiger partial charge in [0.25, 0.3) is 0 Å². The molecule has 2 aliphatic rings. The van der Waals surface area contributed by atoms with Crippen LogP contribution in [0.5, 0.6) is 5.88 Å². The lowest BCUT2D eigenvalue weighted by atomic mass is 10.2. The highest BCUT2D eigenvalue weighted by Gasteiger charge is 2.29. The summed E-state index contributed by atoms with van der Waals surface area (Å²) >= 11 is 0. The van der Waals surface area contributed by atoms with E-state index >= 15 is 0 Å². The molecule has 0 unspecified atom stereocenters. The number of nitrogens with zero attached hydrogens (tertiary/aromatic N) is 1. The molecule has 0 bridgehead atoms. The van der Waals surface area contributed by atoms with E-state index in [1.54, 1.807) is 6.20 Å². The predicted molar refractivity (Wildman–Crippen MR) is 71.7 cm³/mol. The van der Waals surface area contributed by atoms with Crippen molar-refractivity contribution in [3.8, 4) is 5.88 Å². The first-order valence-corrected chi connectivity index (χ1v) is 7.20. The van der Waals surface area contributed by atoms with E-state index in [4.69, 9.17) is 4.74 Å². The van der Waals surface area contributed by atoms with Crippen molar-refractivity contribution in [1.82, 2.24) is 10.3 Å². The van der Waals surface area contributed by atoms with Crippen molar-refractivity contribution in [2.75, 3.05) is 0 Å². The highest BCUT2D eigenvalue weighted by atomic mass is 16.5. The third-order valence-corrected chi connectivity index (χ3v) is 3.80. The predicted octanol–water partition coefficient (Wildman–Crippen LogP) is 2.43. The molecule has 2 fully saturated rings. The Kier molecular flexibility index (Phi) is 3.67. The molecule has 4 nitrogen and oxygen atoms in total. The summed E-state index contributed by atoms with van der Waals surface area (Å²) in [5.74, 6) is 1.12. The first-order chi connectivity index (χ1) is 9.31. The zero-order valence-corrected chi connectivity index (χ0v) is 11.1. The van der Waals surface area contributed by atoms with Gasteiger partial charge in [-0.2, -0.15) is 0 Å². The number of pyridine rings is 1. The topological polar surface area (TPSA) is 51.2 Å². The number of carbonyl (C=O) groups is 1. The standard InChI is InChI=1S/C15H20N2O2/c18-15(12-5-6-12)17-10-11-7-8-16-14(9-11)19-13-3-1-2-4-13/h7-9,12-13H,1-6,10H2,(H,17,18). The minimum absolute atomic E-state index is 0.176. The molecule has 2 saturated carbocycles. The fraction of sp³-hybridized carbons (Fsp3) is 0.600. The smallest absolute Gasteiger partial charge is 0.223 e. The third-order valence-electron chi connectivity index (χ3n) is 3.80. The monoisotopic (exact) mass is 260 g/mol. The maximum absolute atomic E-state index is 11.6. The molecule has 4 heteroatoms. The molecular formula is C15H20N2O2. The van der Waals surface area contributed by atoms with Gasteiger partial charge in [-0.25, -0.2) is 4.98 Å². The van der Waals surface area contributed by atoms with Crippen LogP contribution in [0, 0.1) is 5.92 Å². The van der Waals surface area contributed by atoms with Crippen molar-refractivity contribution in [1.29, 1.82) is 0 Å². The molecule has 0 aromatic carbocycles. The first-order valence-electron chi connectivity index (χ1n) is 7.20. The maximum Gasteiger partial charge on any atom is 0.223 e. The summed E-state index contributed by atoms with van der Waals surface area (Å²) in [5, 5.41) is 2.96. The van der Waals surface area contributed by atoms with E-state index in [2.05, 4.69) is 10.3 Å². The van der Waals surface area contributed by atoms with E-state index < -0.39 is 0 Å². The van der Waals surface area contributed by atoms with Gasteiger partial charge in [0.1, 0.15) is 6.10 Å². The highest BCUT2D eigenvalue weighted by Crippen LogP contribution is 2.29. The Bertz CT molecular complexity index is 451. The number of hydrogen-bond acceptors (Lipinski definition) is 3. The fourth-order valence-corrected chi connectivity index (χ4v) is 2.48. The summed E-state index contributed by atoms with van der Waals surface area (Å²) in [6.07, 6.45) is 8.92. The van der Waals surface area contributed by atoms with Gasteiger partial charge >= 0.3 is 0 Å². The molecule has 0 radical (unpaired) electrons. The van der Waals surface area contributed by atoms with E-state index in [1.165, 1.54) is 12.8 Å². The lowest BCUT2D eigenvalue weighted by molar-refractivity contribution is -0.122. The molecule has 1 aromatic rings. The van der Waals surface area contributed by atoms with Gasteiger partial charge in [-0.1, -0.05) is 0 Å². The molecule has 0 saturated heterocycles. The van der Waals surface area contributed by atoms with Crippen LogP contribution in [0.3, 0.4) is 0 Å². The Morgan fingerprint density at radius 2 is 2.11 bits per heavy atom. The van der Waals surface area contributed by atoms with Crippen molar-refractivity contribution in [2.45, 2.75) is 51.2 Å². The second-order valence-corrected chi connectivity index (χ2v) is 5.52. The number of nitrogens with one attached hydrogen (secondary N) is 1. The minimum Gasteiger partial charge on any atom is -0.474 e. The molecule has 3 rings (SSSR count). The molecule has 1 aromatic heterocycles. The van der Waals surface area contributed by atoms with E-state index in [0.717, 1.165) is 31.2 Å². The Labute approximate surface area is 113 Å². The molecule has 102 valence electrons. The van der Waals surface area contributed by atoms with Crippen LogP contribution in [0.4, 0.5) is 0 Å². The molecule has 0 spiro atoms. The van der Waals surface area contributed by atoms with Gasteiger partial charge in [-0.05, 0) is 50.2 Å². The van der Waals surface area contributed by atoms with Crippen molar-refractivity contribution in [3.63, 3.8) is 0 Å². The summed E-state index contributed by atoms with van der Waals surface area (Å²) in [5.41, 5.74) is 1.05. The Morgan fingerprint density at radius 3 is 2.84 bits per heavy atom. The largest absolute Gasteiger partial charge is 0.474 e. The fourth-order valence-electron chi connectivity index (χ4n) is 2.48. The SMILES string of the molecule is O=C(NCc1ccnc(OC2CCCC2)c1)C1CC1. The van der Waals surface area contributed by atoms with Crippen LogP contribution in [0.2, 0.25) is 0 Å². The van der Waals surface area contributed by atoms with Crippen molar-refractivity contribution < 1.29 is 9.53 Å². The average molecular weight is 260 g/mol. The first kappa shape index (κ1) is 12.5. The molecule has 1 heterocycles. The number of ether oxygens (including phenoxy) is 1. The highest BCUT2D eigenvalue weighted by molar-refractivity contribution is 5.80. The number of rotatable bonds is 5. The van der Waals surface area contributed by atoms with E-state index in [0.29, 0.717) is 18.5 Å². The van der Waals surface area contributed by atoms with Gasteiger partial charge in [-0.3, -0.25) is 4.79 Å². The quantitative estimate of drug-likeness (QED) is 0.884. The number of amides is 1. The molecule has 1 N–H and O–H groups in total. The van der Waals surface area contributed by atoms with E-state index in [1.807, 2.05) is 12.1 Å². The Morgan fingerprint density at radius 1 is 1.32 bits per heavy atom. The molecule has 0 aliphatic heterocycles. The van der Waals surface area contributed by atoms with Crippen LogP contribution in [-0.2, 0) is 11.3 Å². The van der Waals surface area contributed by atoms with Gasteiger partial charge in [-0.15, -0.1) is 0 Å². The minimum atomic E-state index is 0.176. The third kappa shape index (κ3) is 3.46. The molecule has 2 aliphatic carbocycles. The van der Waals surface area contributed by atoms with Crippen molar-refractivity contribution in [3.05, 3.63) is 23.9 Å². The lowest BCUT2D eigenvalue weighted by Crippen LogP contribution is -2.24. The molecule has 1 amide bonds. The average Bonchev–Trinajstić information content (AvgIpc) is 3.16. The number of carbonyl (C=O) groups excluding carboxylic acids is 1. The van der Waals surface area contributed by atoms with Gasteiger partial charge < -0.3 is 10.1 Å². The number of hydrogen-bond donors (Lipinski definition) is 1. The lowest BCUT2D eigenvalue weighted by Gasteiger charge is -2.12. The second-order valence-electron chi connectivity index (χ2n) is 5.52. The zero-order chi connectivity index (χ0) is 13.1. The summed E-state index contributed by atoms with van der Waals surface area (Å²) in [6, 6.07) is 3.86. The number of aromatic nitrogens is 1. The Hall–Kier alpha value is -1.58. The zero-order valence-electron chi connectivity index (χ0n) is 11.1. The van der Waals surface area contributed by atoms with Crippen LogP contribution in [0.25, 0.3) is 0 Å². The summed E-state index contributed by atoms with van der Waals surface area (Å²) in [6.45, 7) is 0.568. The summed E-state index contributed by atoms with van der Waals surface area (Å²) < 4.78 is 5.86. The van der Waals surface area contributed by atoms with Gasteiger partial charge in [0.2, 0.25) is 11.8 Å². The van der Waals surface area contributed by atoms with Crippen molar-refractivity contribution in [2.24, 2.45) is 5.92 Å². The van der Waals surface area contributed by atoms with Gasteiger partial charge in [0.05, 0.1) is 0 Å². The van der Waals surface area contributed by atoms with Crippen LogP contribution >= 0.6 is 0 Å². The van der Waals surface area contributed by atoms with E-state index in [-0.39, 0.29) is 11.8 Å². The van der Waals surface area contributed by atoms with Crippen LogP contribution in [0.1, 0.15) is 44.1 Å². The Balaban J connectivity index is 1.54. The van der Waals surface area contributed by atoms with E-state index in [9.17, 15) is 4.79 Å².